The normalized spacial score (nSPS) is 21.1. The number of nitrogens with zero attached hydrogens (tertiary/aromatic N) is 4. The van der Waals surface area contributed by atoms with E-state index in [1.807, 2.05) is 11.9 Å². The van der Waals surface area contributed by atoms with Crippen molar-refractivity contribution >= 4 is 21.4 Å². The molecule has 0 radical (unpaired) electrons. The Bertz CT molecular complexity index is 767. The lowest BCUT2D eigenvalue weighted by Gasteiger charge is -2.34. The second-order valence-electron chi connectivity index (χ2n) is 7.28. The number of anilines is 1. The Kier molecular flexibility index (Phi) is 5.50. The first-order valence-electron chi connectivity index (χ1n) is 9.01. The molecule has 2 heterocycles. The summed E-state index contributed by atoms with van der Waals surface area (Å²) in [5.74, 6) is 0.510. The quantitative estimate of drug-likeness (QED) is 0.583. The van der Waals surface area contributed by atoms with Crippen LogP contribution in [0.15, 0.2) is 23.1 Å². The predicted octanol–water partition coefficient (Wildman–Crippen LogP) is 1.77. The van der Waals surface area contributed by atoms with Crippen LogP contribution in [0.25, 0.3) is 0 Å². The Hall–Kier alpha value is -1.71. The minimum atomic E-state index is -3.70. The molecule has 0 saturated carbocycles. The Balaban J connectivity index is 1.90. The third kappa shape index (κ3) is 3.84. The SMILES string of the molecule is CC1CCN(S(=O)(=O)c2ccc(N3CCN(C)CC3)c([N+](=O)[O-])c2)CC1. The summed E-state index contributed by atoms with van der Waals surface area (Å²) in [5, 5.41) is 11.6. The molecule has 1 aromatic carbocycles. The zero-order valence-corrected chi connectivity index (χ0v) is 16.1. The van der Waals surface area contributed by atoms with Gasteiger partial charge in [0.15, 0.2) is 0 Å². The van der Waals surface area contributed by atoms with E-state index in [4.69, 9.17) is 0 Å². The van der Waals surface area contributed by atoms with Crippen LogP contribution in [0.5, 0.6) is 0 Å². The number of benzene rings is 1. The molecule has 144 valence electrons. The lowest BCUT2D eigenvalue weighted by Crippen LogP contribution is -2.44. The van der Waals surface area contributed by atoms with Crippen molar-refractivity contribution in [1.29, 1.82) is 0 Å². The van der Waals surface area contributed by atoms with E-state index in [2.05, 4.69) is 11.8 Å². The number of likely N-dealkylation sites (N-methyl/N-ethyl adjacent to an activating group) is 1. The van der Waals surface area contributed by atoms with Crippen LogP contribution < -0.4 is 4.90 Å². The van der Waals surface area contributed by atoms with Gasteiger partial charge in [0, 0.05) is 45.3 Å². The van der Waals surface area contributed by atoms with Gasteiger partial charge >= 0.3 is 0 Å². The Morgan fingerprint density at radius 1 is 1.08 bits per heavy atom. The number of nitro benzene ring substituents is 1. The van der Waals surface area contributed by atoms with Gasteiger partial charge in [0.05, 0.1) is 9.82 Å². The highest BCUT2D eigenvalue weighted by atomic mass is 32.2. The van der Waals surface area contributed by atoms with Crippen molar-refractivity contribution in [3.05, 3.63) is 28.3 Å². The van der Waals surface area contributed by atoms with E-state index in [9.17, 15) is 18.5 Å². The summed E-state index contributed by atoms with van der Waals surface area (Å²) in [6, 6.07) is 4.32. The lowest BCUT2D eigenvalue weighted by molar-refractivity contribution is -0.384. The van der Waals surface area contributed by atoms with Crippen LogP contribution in [0.4, 0.5) is 11.4 Å². The molecule has 0 aliphatic carbocycles. The predicted molar refractivity (Wildman–Crippen MR) is 100.0 cm³/mol. The van der Waals surface area contributed by atoms with E-state index in [-0.39, 0.29) is 10.6 Å². The van der Waals surface area contributed by atoms with Gasteiger partial charge in [-0.05, 0) is 37.9 Å². The summed E-state index contributed by atoms with van der Waals surface area (Å²) in [6.07, 6.45) is 1.64. The summed E-state index contributed by atoms with van der Waals surface area (Å²) >= 11 is 0. The van der Waals surface area contributed by atoms with Crippen molar-refractivity contribution in [2.45, 2.75) is 24.7 Å². The van der Waals surface area contributed by atoms with Gasteiger partial charge in [0.2, 0.25) is 10.0 Å². The van der Waals surface area contributed by atoms with Crippen molar-refractivity contribution in [2.24, 2.45) is 5.92 Å². The molecule has 2 aliphatic rings. The zero-order chi connectivity index (χ0) is 18.9. The molecule has 2 fully saturated rings. The summed E-state index contributed by atoms with van der Waals surface area (Å²) in [7, 11) is -1.68. The molecule has 0 aromatic heterocycles. The van der Waals surface area contributed by atoms with E-state index in [0.29, 0.717) is 37.8 Å². The first-order valence-corrected chi connectivity index (χ1v) is 10.4. The zero-order valence-electron chi connectivity index (χ0n) is 15.3. The Morgan fingerprint density at radius 3 is 2.27 bits per heavy atom. The van der Waals surface area contributed by atoms with Crippen molar-refractivity contribution in [3.63, 3.8) is 0 Å². The van der Waals surface area contributed by atoms with Crippen LogP contribution in [0, 0.1) is 16.0 Å². The molecule has 0 N–H and O–H groups in total. The Labute approximate surface area is 154 Å². The summed E-state index contributed by atoms with van der Waals surface area (Å²) in [4.78, 5) is 15.2. The molecule has 0 amide bonds. The highest BCUT2D eigenvalue weighted by Gasteiger charge is 2.31. The minimum absolute atomic E-state index is 0.0108. The van der Waals surface area contributed by atoms with Crippen molar-refractivity contribution in [1.82, 2.24) is 9.21 Å². The molecular formula is C17H26N4O4S. The smallest absolute Gasteiger partial charge is 0.293 e. The number of rotatable bonds is 4. The minimum Gasteiger partial charge on any atom is -0.363 e. The van der Waals surface area contributed by atoms with Crippen molar-refractivity contribution < 1.29 is 13.3 Å². The van der Waals surface area contributed by atoms with Crippen LogP contribution >= 0.6 is 0 Å². The van der Waals surface area contributed by atoms with Gasteiger partial charge in [-0.15, -0.1) is 0 Å². The van der Waals surface area contributed by atoms with Gasteiger partial charge in [0.1, 0.15) is 5.69 Å². The maximum Gasteiger partial charge on any atom is 0.293 e. The maximum absolute atomic E-state index is 12.9. The second kappa shape index (κ2) is 7.50. The van der Waals surface area contributed by atoms with E-state index < -0.39 is 14.9 Å². The second-order valence-corrected chi connectivity index (χ2v) is 9.22. The fourth-order valence-electron chi connectivity index (χ4n) is 3.50. The van der Waals surface area contributed by atoms with E-state index >= 15 is 0 Å². The van der Waals surface area contributed by atoms with Crippen molar-refractivity contribution in [3.8, 4) is 0 Å². The van der Waals surface area contributed by atoms with Crippen LogP contribution in [0.1, 0.15) is 19.8 Å². The summed E-state index contributed by atoms with van der Waals surface area (Å²) in [5.41, 5.74) is 0.357. The topological polar surface area (TPSA) is 87.0 Å². The van der Waals surface area contributed by atoms with Gasteiger partial charge in [-0.3, -0.25) is 10.1 Å². The molecule has 9 heteroatoms. The number of piperazine rings is 1. The van der Waals surface area contributed by atoms with E-state index in [1.165, 1.54) is 16.4 Å². The molecular weight excluding hydrogens is 356 g/mol. The molecule has 2 saturated heterocycles. The van der Waals surface area contributed by atoms with Gasteiger partial charge in [0.25, 0.3) is 5.69 Å². The van der Waals surface area contributed by atoms with Gasteiger partial charge in [-0.2, -0.15) is 4.31 Å². The lowest BCUT2D eigenvalue weighted by atomic mass is 10.0. The number of hydrogen-bond donors (Lipinski definition) is 0. The molecule has 0 bridgehead atoms. The van der Waals surface area contributed by atoms with Crippen LogP contribution in [0.3, 0.4) is 0 Å². The number of hydrogen-bond acceptors (Lipinski definition) is 6. The number of nitro groups is 1. The molecule has 1 aromatic rings. The molecule has 0 atom stereocenters. The third-order valence-electron chi connectivity index (χ3n) is 5.37. The van der Waals surface area contributed by atoms with Crippen LogP contribution in [0.2, 0.25) is 0 Å². The number of sulfonamides is 1. The average molecular weight is 382 g/mol. The first kappa shape index (κ1) is 19.1. The summed E-state index contributed by atoms with van der Waals surface area (Å²) < 4.78 is 27.2. The highest BCUT2D eigenvalue weighted by Crippen LogP contribution is 2.33. The highest BCUT2D eigenvalue weighted by molar-refractivity contribution is 7.89. The largest absolute Gasteiger partial charge is 0.363 e. The first-order chi connectivity index (χ1) is 12.3. The number of piperidine rings is 1. The van der Waals surface area contributed by atoms with E-state index in [1.54, 1.807) is 6.07 Å². The van der Waals surface area contributed by atoms with Gasteiger partial charge < -0.3 is 9.80 Å². The molecule has 0 spiro atoms. The average Bonchev–Trinajstić information content (AvgIpc) is 2.62. The standard InChI is InChI=1S/C17H26N4O4S/c1-14-5-7-20(8-6-14)26(24,25)15-3-4-16(17(13-15)21(22)23)19-11-9-18(2)10-12-19/h3-4,13-14H,5-12H2,1-2H3. The van der Waals surface area contributed by atoms with Crippen molar-refractivity contribution in [2.75, 3.05) is 51.2 Å². The van der Waals surface area contributed by atoms with E-state index in [0.717, 1.165) is 25.9 Å². The fourth-order valence-corrected chi connectivity index (χ4v) is 4.99. The van der Waals surface area contributed by atoms with Crippen LogP contribution in [-0.4, -0.2) is 68.9 Å². The summed E-state index contributed by atoms with van der Waals surface area (Å²) in [6.45, 7) is 6.07. The molecule has 8 nitrogen and oxygen atoms in total. The fraction of sp³-hybridized carbons (Fsp3) is 0.647. The third-order valence-corrected chi connectivity index (χ3v) is 7.26. The molecule has 26 heavy (non-hydrogen) atoms. The maximum atomic E-state index is 12.9. The van der Waals surface area contributed by atoms with Gasteiger partial charge in [-0.1, -0.05) is 6.92 Å². The van der Waals surface area contributed by atoms with Crippen LogP contribution in [-0.2, 0) is 10.0 Å². The molecule has 2 aliphatic heterocycles. The molecule has 0 unspecified atom stereocenters. The molecule has 3 rings (SSSR count). The Morgan fingerprint density at radius 2 is 1.69 bits per heavy atom. The van der Waals surface area contributed by atoms with Gasteiger partial charge in [-0.25, -0.2) is 8.42 Å². The monoisotopic (exact) mass is 382 g/mol.